The van der Waals surface area contributed by atoms with E-state index in [0.29, 0.717) is 16.5 Å². The van der Waals surface area contributed by atoms with Gasteiger partial charge in [-0.15, -0.1) is 0 Å². The van der Waals surface area contributed by atoms with Crippen molar-refractivity contribution in [2.45, 2.75) is 17.8 Å². The molecule has 102 valence electrons. The molecule has 0 saturated carbocycles. The van der Waals surface area contributed by atoms with E-state index in [1.807, 2.05) is 13.0 Å². The van der Waals surface area contributed by atoms with Gasteiger partial charge < -0.3 is 5.73 Å². The average Bonchev–Trinajstić information content (AvgIpc) is 2.45. The van der Waals surface area contributed by atoms with Crippen molar-refractivity contribution in [3.05, 3.63) is 53.1 Å². The summed E-state index contributed by atoms with van der Waals surface area (Å²) in [5.41, 5.74) is 7.57. The number of nitrogens with two attached hydrogens (primary N) is 1. The number of thioether (sulfide) groups is 1. The molecule has 1 aromatic heterocycles. The molecule has 0 radical (unpaired) electrons. The highest BCUT2D eigenvalue weighted by Crippen LogP contribution is 2.20. The SMILES string of the molecule is Cc1ccnc(SCc2ccc(F)c(C#CCN)c2)n1. The second-order valence-corrected chi connectivity index (χ2v) is 5.03. The first-order valence-corrected chi connectivity index (χ1v) is 7.07. The Morgan fingerprint density at radius 2 is 2.20 bits per heavy atom. The van der Waals surface area contributed by atoms with Crippen LogP contribution in [0, 0.1) is 24.6 Å². The molecular formula is C15H14FN3S. The van der Waals surface area contributed by atoms with Crippen molar-refractivity contribution in [3.63, 3.8) is 0 Å². The van der Waals surface area contributed by atoms with Gasteiger partial charge in [-0.1, -0.05) is 29.7 Å². The zero-order valence-electron chi connectivity index (χ0n) is 11.1. The minimum absolute atomic E-state index is 0.218. The predicted molar refractivity (Wildman–Crippen MR) is 78.7 cm³/mol. The highest BCUT2D eigenvalue weighted by atomic mass is 32.2. The molecule has 0 aliphatic rings. The van der Waals surface area contributed by atoms with Gasteiger partial charge in [0.2, 0.25) is 0 Å². The first-order chi connectivity index (χ1) is 9.69. The number of benzene rings is 1. The molecule has 0 aliphatic heterocycles. The van der Waals surface area contributed by atoms with E-state index < -0.39 is 0 Å². The van der Waals surface area contributed by atoms with Crippen molar-refractivity contribution in [1.29, 1.82) is 0 Å². The lowest BCUT2D eigenvalue weighted by molar-refractivity contribution is 0.624. The standard InChI is InChI=1S/C15H14FN3S/c1-11-6-8-18-15(19-11)20-10-12-4-5-14(16)13(9-12)3-2-7-17/h4-6,8-9H,7,10,17H2,1H3. The summed E-state index contributed by atoms with van der Waals surface area (Å²) in [5, 5.41) is 0.712. The van der Waals surface area contributed by atoms with Crippen LogP contribution in [0.25, 0.3) is 0 Å². The van der Waals surface area contributed by atoms with Gasteiger partial charge in [-0.05, 0) is 30.7 Å². The molecule has 20 heavy (non-hydrogen) atoms. The van der Waals surface area contributed by atoms with Gasteiger partial charge in [0.25, 0.3) is 0 Å². The molecule has 0 fully saturated rings. The summed E-state index contributed by atoms with van der Waals surface area (Å²) in [6, 6.07) is 6.75. The van der Waals surface area contributed by atoms with Crippen LogP contribution in [0.4, 0.5) is 4.39 Å². The number of aromatic nitrogens is 2. The summed E-state index contributed by atoms with van der Waals surface area (Å²) in [6.45, 7) is 2.14. The van der Waals surface area contributed by atoms with Gasteiger partial charge in [-0.2, -0.15) is 0 Å². The molecule has 0 spiro atoms. The number of hydrogen-bond donors (Lipinski definition) is 1. The summed E-state index contributed by atoms with van der Waals surface area (Å²) in [6.07, 6.45) is 1.73. The maximum Gasteiger partial charge on any atom is 0.188 e. The van der Waals surface area contributed by atoms with Gasteiger partial charge in [-0.3, -0.25) is 0 Å². The zero-order chi connectivity index (χ0) is 14.4. The third-order valence-corrected chi connectivity index (χ3v) is 3.43. The highest BCUT2D eigenvalue weighted by molar-refractivity contribution is 7.98. The van der Waals surface area contributed by atoms with Gasteiger partial charge in [0.15, 0.2) is 5.16 Å². The smallest absolute Gasteiger partial charge is 0.188 e. The molecule has 0 unspecified atom stereocenters. The molecule has 0 atom stereocenters. The van der Waals surface area contributed by atoms with E-state index in [-0.39, 0.29) is 12.4 Å². The Bertz CT molecular complexity index is 662. The highest BCUT2D eigenvalue weighted by Gasteiger charge is 2.03. The molecule has 2 N–H and O–H groups in total. The first-order valence-electron chi connectivity index (χ1n) is 6.09. The van der Waals surface area contributed by atoms with Crippen LogP contribution in [-0.2, 0) is 5.75 Å². The minimum Gasteiger partial charge on any atom is -0.320 e. The van der Waals surface area contributed by atoms with Crippen LogP contribution in [0.5, 0.6) is 0 Å². The summed E-state index contributed by atoms with van der Waals surface area (Å²) in [5.74, 6) is 5.73. The molecule has 0 saturated heterocycles. The van der Waals surface area contributed by atoms with Gasteiger partial charge in [0.05, 0.1) is 12.1 Å². The van der Waals surface area contributed by atoms with Crippen LogP contribution in [0.2, 0.25) is 0 Å². The lowest BCUT2D eigenvalue weighted by Crippen LogP contribution is -1.94. The van der Waals surface area contributed by atoms with Crippen LogP contribution in [-0.4, -0.2) is 16.5 Å². The van der Waals surface area contributed by atoms with Crippen molar-refractivity contribution in [1.82, 2.24) is 9.97 Å². The lowest BCUT2D eigenvalue weighted by Gasteiger charge is -2.03. The number of halogens is 1. The van der Waals surface area contributed by atoms with Crippen LogP contribution in [0.3, 0.4) is 0 Å². The van der Waals surface area contributed by atoms with E-state index in [1.165, 1.54) is 17.8 Å². The van der Waals surface area contributed by atoms with Gasteiger partial charge in [-0.25, -0.2) is 14.4 Å². The van der Waals surface area contributed by atoms with Crippen LogP contribution >= 0.6 is 11.8 Å². The van der Waals surface area contributed by atoms with Crippen molar-refractivity contribution in [2.24, 2.45) is 5.73 Å². The van der Waals surface area contributed by atoms with Gasteiger partial charge in [0, 0.05) is 17.6 Å². The third kappa shape index (κ3) is 4.05. The number of hydrogen-bond acceptors (Lipinski definition) is 4. The van der Waals surface area contributed by atoms with E-state index in [1.54, 1.807) is 18.3 Å². The normalized spacial score (nSPS) is 9.95. The number of rotatable bonds is 3. The lowest BCUT2D eigenvalue weighted by atomic mass is 10.1. The van der Waals surface area contributed by atoms with Crippen LogP contribution in [0.1, 0.15) is 16.8 Å². The maximum absolute atomic E-state index is 13.5. The van der Waals surface area contributed by atoms with Crippen molar-refractivity contribution in [3.8, 4) is 11.8 Å². The first kappa shape index (κ1) is 14.5. The summed E-state index contributed by atoms with van der Waals surface area (Å²) in [4.78, 5) is 8.49. The molecule has 0 aliphatic carbocycles. The monoisotopic (exact) mass is 287 g/mol. The zero-order valence-corrected chi connectivity index (χ0v) is 11.9. The molecule has 3 nitrogen and oxygen atoms in total. The Balaban J connectivity index is 2.10. The van der Waals surface area contributed by atoms with E-state index >= 15 is 0 Å². The molecule has 2 aromatic rings. The Kier molecular flexibility index (Phi) is 5.10. The third-order valence-electron chi connectivity index (χ3n) is 2.50. The quantitative estimate of drug-likeness (QED) is 0.535. The van der Waals surface area contributed by atoms with Gasteiger partial charge >= 0.3 is 0 Å². The van der Waals surface area contributed by atoms with Crippen molar-refractivity contribution in [2.75, 3.05) is 6.54 Å². The number of nitrogens with zero attached hydrogens (tertiary/aromatic N) is 2. The largest absolute Gasteiger partial charge is 0.320 e. The summed E-state index contributed by atoms with van der Waals surface area (Å²) in [7, 11) is 0. The second-order valence-electron chi connectivity index (χ2n) is 4.09. The van der Waals surface area contributed by atoms with Crippen LogP contribution in [0.15, 0.2) is 35.6 Å². The average molecular weight is 287 g/mol. The molecule has 0 amide bonds. The molecular weight excluding hydrogens is 273 g/mol. The molecule has 5 heteroatoms. The summed E-state index contributed by atoms with van der Waals surface area (Å²) < 4.78 is 13.5. The molecule has 0 bridgehead atoms. The Labute approximate surface area is 121 Å². The maximum atomic E-state index is 13.5. The Morgan fingerprint density at radius 3 is 2.95 bits per heavy atom. The summed E-state index contributed by atoms with van der Waals surface area (Å²) >= 11 is 1.51. The van der Waals surface area contributed by atoms with E-state index in [0.717, 1.165) is 11.3 Å². The molecule has 1 heterocycles. The van der Waals surface area contributed by atoms with Crippen LogP contribution < -0.4 is 5.73 Å². The molecule has 1 aromatic carbocycles. The second kappa shape index (κ2) is 7.04. The Hall–Kier alpha value is -1.90. The topological polar surface area (TPSA) is 51.8 Å². The van der Waals surface area contributed by atoms with E-state index in [4.69, 9.17) is 5.73 Å². The molecule has 2 rings (SSSR count). The van der Waals surface area contributed by atoms with E-state index in [9.17, 15) is 4.39 Å². The fourth-order valence-electron chi connectivity index (χ4n) is 1.55. The van der Waals surface area contributed by atoms with Gasteiger partial charge in [0.1, 0.15) is 5.82 Å². The Morgan fingerprint density at radius 1 is 1.35 bits per heavy atom. The number of aryl methyl sites for hydroxylation is 1. The van der Waals surface area contributed by atoms with Crippen molar-refractivity contribution < 1.29 is 4.39 Å². The fourth-order valence-corrected chi connectivity index (χ4v) is 2.37. The van der Waals surface area contributed by atoms with Crippen molar-refractivity contribution >= 4 is 11.8 Å². The fraction of sp³-hybridized carbons (Fsp3) is 0.200. The predicted octanol–water partition coefficient (Wildman–Crippen LogP) is 2.53. The minimum atomic E-state index is -0.327. The van der Waals surface area contributed by atoms with E-state index in [2.05, 4.69) is 21.8 Å².